The first-order valence-electron chi connectivity index (χ1n) is 12.2. The molecule has 0 saturated heterocycles. The fourth-order valence-electron chi connectivity index (χ4n) is 4.63. The molecule has 3 aromatic rings. The van der Waals surface area contributed by atoms with E-state index < -0.39 is 7.12 Å². The summed E-state index contributed by atoms with van der Waals surface area (Å²) in [6, 6.07) is 16.7. The third-order valence-electron chi connectivity index (χ3n) is 5.62. The predicted octanol–water partition coefficient (Wildman–Crippen LogP) is 4.18. The third-order valence-corrected chi connectivity index (χ3v) is 5.62. The highest BCUT2D eigenvalue weighted by molar-refractivity contribution is 6.96. The quantitative estimate of drug-likeness (QED) is 0.593. The summed E-state index contributed by atoms with van der Waals surface area (Å²) in [6.45, 7) is 21.4. The maximum absolute atomic E-state index is 9.48. The van der Waals surface area contributed by atoms with Crippen molar-refractivity contribution in [3.05, 3.63) is 81.9 Å². The maximum Gasteiger partial charge on any atom is 0.488 e. The van der Waals surface area contributed by atoms with Gasteiger partial charge in [0, 0.05) is 0 Å². The Morgan fingerprint density at radius 2 is 0.848 bits per heavy atom. The first kappa shape index (κ1) is 28.7. The fraction of sp³-hybridized carbons (Fsp3) is 0.379. The van der Waals surface area contributed by atoms with E-state index in [1.807, 2.05) is 38.1 Å². The molecule has 0 fully saturated rings. The standard InChI is InChI=1S/C24H28B2O2.C3H8.C2H6/c1-15-11-17(3)23(18(4)12-15)25(21-7-9-22(10-8-21)26(27)28)24-19(5)13-16(2)14-20(24)6;1-3-2;1-2/h7-14,27-28H,1-6H3;3H2,1-2H3;1-2H3. The van der Waals surface area contributed by atoms with E-state index in [4.69, 9.17) is 0 Å². The highest BCUT2D eigenvalue weighted by Crippen LogP contribution is 2.12. The molecule has 0 amide bonds. The molecule has 0 radical (unpaired) electrons. The molecule has 0 atom stereocenters. The van der Waals surface area contributed by atoms with Gasteiger partial charge in [0.25, 0.3) is 0 Å². The van der Waals surface area contributed by atoms with Crippen molar-refractivity contribution in [3.63, 3.8) is 0 Å². The Balaban J connectivity index is 0.00000101. The molecule has 0 heterocycles. The maximum atomic E-state index is 9.48. The first-order valence-corrected chi connectivity index (χ1v) is 12.2. The van der Waals surface area contributed by atoms with Crippen LogP contribution in [0.15, 0.2) is 48.5 Å². The first-order chi connectivity index (χ1) is 15.6. The Morgan fingerprint density at radius 3 is 1.12 bits per heavy atom. The van der Waals surface area contributed by atoms with Gasteiger partial charge in [-0.3, -0.25) is 0 Å². The summed E-state index contributed by atoms with van der Waals surface area (Å²) < 4.78 is 0. The second-order valence-corrected chi connectivity index (χ2v) is 8.81. The largest absolute Gasteiger partial charge is 0.488 e. The Bertz CT molecular complexity index is 921. The van der Waals surface area contributed by atoms with Crippen molar-refractivity contribution in [3.8, 4) is 0 Å². The Kier molecular flexibility index (Phi) is 11.7. The lowest BCUT2D eigenvalue weighted by Gasteiger charge is -2.24. The highest BCUT2D eigenvalue weighted by atomic mass is 16.4. The van der Waals surface area contributed by atoms with Gasteiger partial charge in [-0.05, 0) is 47.0 Å². The van der Waals surface area contributed by atoms with Gasteiger partial charge in [0.1, 0.15) is 0 Å². The average molecular weight is 444 g/mol. The molecular weight excluding hydrogens is 402 g/mol. The van der Waals surface area contributed by atoms with Gasteiger partial charge in [-0.15, -0.1) is 0 Å². The zero-order valence-electron chi connectivity index (χ0n) is 22.4. The lowest BCUT2D eigenvalue weighted by atomic mass is 9.34. The number of benzene rings is 3. The van der Waals surface area contributed by atoms with Crippen LogP contribution in [-0.2, 0) is 0 Å². The molecule has 0 aliphatic heterocycles. The number of hydrogen-bond donors (Lipinski definition) is 2. The zero-order chi connectivity index (χ0) is 25.3. The van der Waals surface area contributed by atoms with E-state index in [1.54, 1.807) is 0 Å². The molecule has 4 heteroatoms. The van der Waals surface area contributed by atoms with Crippen LogP contribution in [0, 0.1) is 41.5 Å². The zero-order valence-corrected chi connectivity index (χ0v) is 22.4. The molecule has 0 saturated carbocycles. The van der Waals surface area contributed by atoms with Crippen molar-refractivity contribution < 1.29 is 10.0 Å². The summed E-state index contributed by atoms with van der Waals surface area (Å²) in [4.78, 5) is 0. The molecule has 0 unspecified atom stereocenters. The number of rotatable bonds is 4. The molecule has 176 valence electrons. The topological polar surface area (TPSA) is 40.5 Å². The molecule has 3 rings (SSSR count). The summed E-state index contributed by atoms with van der Waals surface area (Å²) in [7, 11) is -1.45. The molecule has 0 spiro atoms. The van der Waals surface area contributed by atoms with Gasteiger partial charge >= 0.3 is 7.12 Å². The molecule has 0 aliphatic carbocycles. The van der Waals surface area contributed by atoms with E-state index in [2.05, 4.69) is 79.7 Å². The van der Waals surface area contributed by atoms with Gasteiger partial charge in [0.15, 0.2) is 0 Å². The molecule has 3 aromatic carbocycles. The minimum absolute atomic E-state index is 0.103. The van der Waals surface area contributed by atoms with Gasteiger partial charge in [0.05, 0.1) is 0 Å². The van der Waals surface area contributed by atoms with E-state index in [0.717, 1.165) is 5.46 Å². The highest BCUT2D eigenvalue weighted by Gasteiger charge is 2.28. The van der Waals surface area contributed by atoms with Crippen LogP contribution in [0.3, 0.4) is 0 Å². The van der Waals surface area contributed by atoms with Crippen molar-refractivity contribution in [2.45, 2.75) is 75.7 Å². The molecular formula is C29H42B2O2. The van der Waals surface area contributed by atoms with Crippen LogP contribution in [0.2, 0.25) is 0 Å². The van der Waals surface area contributed by atoms with Crippen LogP contribution < -0.4 is 21.9 Å². The lowest BCUT2D eigenvalue weighted by molar-refractivity contribution is 0.426. The predicted molar refractivity (Wildman–Crippen MR) is 150 cm³/mol. The minimum Gasteiger partial charge on any atom is -0.423 e. The second-order valence-electron chi connectivity index (χ2n) is 8.81. The lowest BCUT2D eigenvalue weighted by Crippen LogP contribution is -2.56. The second kappa shape index (κ2) is 13.4. The van der Waals surface area contributed by atoms with Crippen molar-refractivity contribution in [1.82, 2.24) is 0 Å². The number of hydrogen-bond acceptors (Lipinski definition) is 2. The van der Waals surface area contributed by atoms with E-state index in [1.165, 1.54) is 50.7 Å². The molecule has 0 aromatic heterocycles. The monoisotopic (exact) mass is 444 g/mol. The summed E-state index contributed by atoms with van der Waals surface area (Å²) in [6.07, 6.45) is 1.25. The van der Waals surface area contributed by atoms with Crippen LogP contribution in [0.1, 0.15) is 67.5 Å². The average Bonchev–Trinajstić information content (AvgIpc) is 2.73. The van der Waals surface area contributed by atoms with E-state index in [0.29, 0.717) is 5.46 Å². The third kappa shape index (κ3) is 7.35. The van der Waals surface area contributed by atoms with Crippen LogP contribution >= 0.6 is 0 Å². The van der Waals surface area contributed by atoms with Crippen molar-refractivity contribution >= 4 is 35.7 Å². The fourth-order valence-corrected chi connectivity index (χ4v) is 4.63. The molecule has 0 bridgehead atoms. The molecule has 2 N–H and O–H groups in total. The Hall–Kier alpha value is -2.29. The van der Waals surface area contributed by atoms with E-state index in [-0.39, 0.29) is 6.71 Å². The summed E-state index contributed by atoms with van der Waals surface area (Å²) in [5, 5.41) is 19.0. The molecule has 33 heavy (non-hydrogen) atoms. The van der Waals surface area contributed by atoms with E-state index >= 15 is 0 Å². The Labute approximate surface area is 203 Å². The minimum atomic E-state index is -1.45. The van der Waals surface area contributed by atoms with Crippen LogP contribution in [0.5, 0.6) is 0 Å². The normalized spacial score (nSPS) is 9.94. The van der Waals surface area contributed by atoms with Gasteiger partial charge in [-0.1, -0.05) is 132 Å². The smallest absolute Gasteiger partial charge is 0.423 e. The van der Waals surface area contributed by atoms with E-state index in [9.17, 15) is 10.0 Å². The number of aryl methyl sites for hydroxylation is 6. The van der Waals surface area contributed by atoms with Gasteiger partial charge in [0.2, 0.25) is 6.71 Å². The summed E-state index contributed by atoms with van der Waals surface area (Å²) in [5.74, 6) is 0. The van der Waals surface area contributed by atoms with Crippen molar-refractivity contribution in [2.75, 3.05) is 0 Å². The van der Waals surface area contributed by atoms with Gasteiger partial charge in [-0.25, -0.2) is 0 Å². The van der Waals surface area contributed by atoms with Crippen LogP contribution in [0.4, 0.5) is 0 Å². The summed E-state index contributed by atoms with van der Waals surface area (Å²) >= 11 is 0. The Morgan fingerprint density at radius 1 is 0.576 bits per heavy atom. The molecule has 0 aliphatic rings. The summed E-state index contributed by atoms with van der Waals surface area (Å²) in [5.41, 5.74) is 12.0. The van der Waals surface area contributed by atoms with Crippen LogP contribution in [-0.4, -0.2) is 23.9 Å². The van der Waals surface area contributed by atoms with Gasteiger partial charge in [-0.2, -0.15) is 0 Å². The van der Waals surface area contributed by atoms with Gasteiger partial charge < -0.3 is 10.0 Å². The molecule has 2 nitrogen and oxygen atoms in total. The van der Waals surface area contributed by atoms with Crippen molar-refractivity contribution in [2.24, 2.45) is 0 Å². The van der Waals surface area contributed by atoms with Crippen LogP contribution in [0.25, 0.3) is 0 Å². The van der Waals surface area contributed by atoms with Crippen molar-refractivity contribution in [1.29, 1.82) is 0 Å². The SMILES string of the molecule is CC.CCC.Cc1cc(C)c(B(c2ccc(B(O)O)cc2)c2c(C)cc(C)cc2C)c(C)c1.